The molecular formula is C3H12O18Si8. The Bertz CT molecular complexity index is 801. The van der Waals surface area contributed by atoms with Crippen LogP contribution in [-0.2, 0) is 42.7 Å². The van der Waals surface area contributed by atoms with E-state index in [0.717, 1.165) is 0 Å². The minimum absolute atomic E-state index is 2.56. The van der Waals surface area contributed by atoms with Gasteiger partial charge in [0.05, 0.1) is 0 Å². The van der Waals surface area contributed by atoms with Crippen LogP contribution in [0.4, 0.5) is 0 Å². The van der Waals surface area contributed by atoms with Gasteiger partial charge in [-0.25, -0.2) is 0 Å². The lowest BCUT2D eigenvalue weighted by Gasteiger charge is -2.66. The maximum Gasteiger partial charge on any atom is 0.664 e. The largest absolute Gasteiger partial charge is 0.664 e. The number of fused-ring (bicyclic) bond motifs is 7. The van der Waals surface area contributed by atoms with Gasteiger partial charge in [-0.15, -0.1) is 0 Å². The lowest BCUT2D eigenvalue weighted by Crippen LogP contribution is -3.04. The number of hydrogen-bond donors (Lipinski definition) is 8. The highest BCUT2D eigenvalue weighted by Gasteiger charge is 3.05. The van der Waals surface area contributed by atoms with Gasteiger partial charge in [0.15, 0.2) is 0 Å². The second-order valence-electron chi connectivity index (χ2n) is 6.75. The molecule has 7 fully saturated rings. The molecule has 164 valence electrons. The van der Waals surface area contributed by atoms with E-state index in [4.69, 9.17) is 42.7 Å². The van der Waals surface area contributed by atoms with Crippen molar-refractivity contribution in [1.82, 2.24) is 0 Å². The summed E-state index contributed by atoms with van der Waals surface area (Å²) in [7, 11) is -36.3. The summed E-state index contributed by atoms with van der Waals surface area (Å²) in [5, 5.41) is 2.63. The standard InChI is InChI=1S/C3H12O18Si8/c4-1-12-25-19-26(1)2(22(1)5)13-23(6)17-24(7)18-28(10)3(15-26,27(8,9)14-2)16-29(11,20-25)21-28/h4-11,22-25H/t1?,2?,3?,22?,23?,24?,25?,26?,28?,29-/m0/s1. The van der Waals surface area contributed by atoms with Crippen LogP contribution in [0.3, 0.4) is 0 Å². The Kier molecular flexibility index (Phi) is 3.83. The molecule has 0 aromatic rings. The zero-order valence-corrected chi connectivity index (χ0v) is 22.1. The van der Waals surface area contributed by atoms with Crippen molar-refractivity contribution >= 4 is 72.8 Å². The molecule has 0 amide bonds. The van der Waals surface area contributed by atoms with E-state index in [2.05, 4.69) is 0 Å². The summed E-state index contributed by atoms with van der Waals surface area (Å²) in [4.78, 5) is 74.1. The maximum absolute atomic E-state index is 11.1. The fourth-order valence-corrected chi connectivity index (χ4v) is 36.9. The third kappa shape index (κ3) is 2.03. The van der Waals surface area contributed by atoms with E-state index in [9.17, 15) is 38.7 Å². The summed E-state index contributed by atoms with van der Waals surface area (Å²) < 4.78 is 52.2. The summed E-state index contributed by atoms with van der Waals surface area (Å²) in [5.41, 5.74) is 0. The normalized spacial score (nSPS) is 67.0. The van der Waals surface area contributed by atoms with E-state index in [1.807, 2.05) is 0 Å². The molecule has 18 nitrogen and oxygen atoms in total. The molecule has 8 N–H and O–H groups in total. The van der Waals surface area contributed by atoms with Crippen LogP contribution in [0.25, 0.3) is 0 Å². The Labute approximate surface area is 169 Å². The number of hydrogen-bond acceptors (Lipinski definition) is 18. The van der Waals surface area contributed by atoms with Crippen LogP contribution in [0.2, 0.25) is 0 Å². The van der Waals surface area contributed by atoms with Crippen LogP contribution in [-0.4, -0.2) is 127 Å². The molecule has 3 spiro atoms. The molecule has 7 saturated heterocycles. The molecule has 5 bridgehead atoms. The van der Waals surface area contributed by atoms with Gasteiger partial charge in [-0.1, -0.05) is 0 Å². The summed E-state index contributed by atoms with van der Waals surface area (Å²) in [6.45, 7) is 0. The molecular weight excluding hydrogens is 549 g/mol. The van der Waals surface area contributed by atoms with Crippen LogP contribution in [0, 0.1) is 0 Å². The first-order valence-electron chi connectivity index (χ1n) is 7.77. The fourth-order valence-electron chi connectivity index (χ4n) is 4.04. The lowest BCUT2D eigenvalue weighted by molar-refractivity contribution is -0.226. The van der Waals surface area contributed by atoms with Gasteiger partial charge in [0.2, 0.25) is 10.1 Å². The molecule has 7 rings (SSSR count). The molecule has 0 aliphatic carbocycles. The third-order valence-corrected chi connectivity index (χ3v) is 32.4. The van der Waals surface area contributed by atoms with Gasteiger partial charge in [0.25, 0.3) is 5.03 Å². The Morgan fingerprint density at radius 1 is 0.793 bits per heavy atom. The minimum atomic E-state index is -5.62. The first kappa shape index (κ1) is 20.6. The first-order chi connectivity index (χ1) is 13.3. The Morgan fingerprint density at radius 3 is 2.24 bits per heavy atom. The van der Waals surface area contributed by atoms with Crippen LogP contribution >= 0.6 is 0 Å². The Hall–Kier alpha value is 1.02. The van der Waals surface area contributed by atoms with Gasteiger partial charge in [-0.2, -0.15) is 0 Å². The number of rotatable bonds is 0. The predicted octanol–water partition coefficient (Wildman–Crippen LogP) is -9.87. The Balaban J connectivity index is 1.65. The average molecular weight is 561 g/mol. The van der Waals surface area contributed by atoms with Gasteiger partial charge < -0.3 is 81.4 Å². The van der Waals surface area contributed by atoms with Gasteiger partial charge in [-0.05, 0) is 0 Å². The van der Waals surface area contributed by atoms with Gasteiger partial charge in [0, 0.05) is 0 Å². The highest BCUT2D eigenvalue weighted by Crippen LogP contribution is 2.64. The lowest BCUT2D eigenvalue weighted by atomic mass is 11.3. The molecule has 10 atom stereocenters. The zero-order valence-electron chi connectivity index (χ0n) is 13.5. The molecule has 0 radical (unpaired) electrons. The van der Waals surface area contributed by atoms with Crippen LogP contribution in [0.15, 0.2) is 0 Å². The first-order valence-corrected chi connectivity index (χ1v) is 20.8. The average Bonchev–Trinajstić information content (AvgIpc) is 2.93. The highest BCUT2D eigenvalue weighted by atomic mass is 28.5. The van der Waals surface area contributed by atoms with Gasteiger partial charge in [-0.3, -0.25) is 0 Å². The Morgan fingerprint density at radius 2 is 1.52 bits per heavy atom. The maximum atomic E-state index is 11.1. The molecule has 0 aromatic heterocycles. The molecule has 7 aliphatic rings. The fraction of sp³-hybridized carbons (Fsp3) is 1.00. The van der Waals surface area contributed by atoms with E-state index in [0.29, 0.717) is 0 Å². The van der Waals surface area contributed by atoms with Crippen LogP contribution in [0.5, 0.6) is 0 Å². The van der Waals surface area contributed by atoms with E-state index < -0.39 is 87.9 Å². The summed E-state index contributed by atoms with van der Waals surface area (Å²) >= 11 is 0. The van der Waals surface area contributed by atoms with Crippen LogP contribution < -0.4 is 0 Å². The van der Waals surface area contributed by atoms with Crippen molar-refractivity contribution in [2.75, 3.05) is 0 Å². The SMILES string of the molecule is O[SiH]1O[SiH](O)O[Si]2(O)O[Si@]3(O)O[SiH]4OC5(O)[SiH](O)C6(O1)O[Si](O)(O)C2(O[Si]56O4)O3. The summed E-state index contributed by atoms with van der Waals surface area (Å²) in [5.74, 6) is 0. The molecule has 29 heavy (non-hydrogen) atoms. The summed E-state index contributed by atoms with van der Waals surface area (Å²) in [6, 6.07) is 0. The predicted molar refractivity (Wildman–Crippen MR) is 88.4 cm³/mol. The molecule has 0 saturated carbocycles. The van der Waals surface area contributed by atoms with Gasteiger partial charge in [0.1, 0.15) is 0 Å². The molecule has 26 heteroatoms. The van der Waals surface area contributed by atoms with E-state index in [1.165, 1.54) is 0 Å². The molecule has 9 unspecified atom stereocenters. The second kappa shape index (κ2) is 5.39. The van der Waals surface area contributed by atoms with Crippen molar-refractivity contribution in [3.05, 3.63) is 0 Å². The number of aliphatic hydroxyl groups is 1. The highest BCUT2D eigenvalue weighted by molar-refractivity contribution is 7.10. The monoisotopic (exact) mass is 560 g/mol. The van der Waals surface area contributed by atoms with Gasteiger partial charge >= 0.3 is 72.8 Å². The second-order valence-corrected chi connectivity index (χ2v) is 25.8. The van der Waals surface area contributed by atoms with Crippen molar-refractivity contribution in [3.8, 4) is 0 Å². The third-order valence-electron chi connectivity index (χ3n) is 5.18. The van der Waals surface area contributed by atoms with Crippen molar-refractivity contribution in [2.45, 2.75) is 15.1 Å². The quantitative estimate of drug-likeness (QED) is 0.128. The van der Waals surface area contributed by atoms with Crippen molar-refractivity contribution < 1.29 is 81.4 Å². The minimum Gasteiger partial charge on any atom is -0.426 e. The zero-order chi connectivity index (χ0) is 20.9. The van der Waals surface area contributed by atoms with E-state index >= 15 is 0 Å². The smallest absolute Gasteiger partial charge is 0.426 e. The van der Waals surface area contributed by atoms with Crippen molar-refractivity contribution in [1.29, 1.82) is 0 Å². The van der Waals surface area contributed by atoms with Crippen molar-refractivity contribution in [2.24, 2.45) is 0 Å². The summed E-state index contributed by atoms with van der Waals surface area (Å²) in [6.07, 6.45) is 0. The molecule has 0 aromatic carbocycles. The topological polar surface area (TPSA) is 254 Å². The molecule has 7 heterocycles. The molecule has 7 aliphatic heterocycles. The van der Waals surface area contributed by atoms with Crippen LogP contribution in [0.1, 0.15) is 0 Å². The van der Waals surface area contributed by atoms with E-state index in [1.54, 1.807) is 0 Å². The van der Waals surface area contributed by atoms with Crippen molar-refractivity contribution in [3.63, 3.8) is 0 Å². The van der Waals surface area contributed by atoms with E-state index in [-0.39, 0.29) is 0 Å².